The number of rotatable bonds is 4. The summed E-state index contributed by atoms with van der Waals surface area (Å²) >= 11 is 0. The third-order valence-corrected chi connectivity index (χ3v) is 3.75. The normalized spacial score (nSPS) is 19.3. The van der Waals surface area contributed by atoms with Gasteiger partial charge in [0.05, 0.1) is 18.1 Å². The first-order valence-corrected chi connectivity index (χ1v) is 6.55. The largest absolute Gasteiger partial charge is 0.481 e. The van der Waals surface area contributed by atoms with Crippen molar-refractivity contribution in [1.82, 2.24) is 4.90 Å². The van der Waals surface area contributed by atoms with Crippen LogP contribution in [0.2, 0.25) is 0 Å². The Hall–Kier alpha value is -1.86. The summed E-state index contributed by atoms with van der Waals surface area (Å²) < 4.78 is 0. The Morgan fingerprint density at radius 3 is 3.00 bits per heavy atom. The quantitative estimate of drug-likeness (QED) is 0.900. The summed E-state index contributed by atoms with van der Waals surface area (Å²) in [5.74, 6) is -0.728. The standard InChI is InChI=1S/C15H18N2O2/c1-11-7-12(9-16)4-5-13(11)10-17-6-2-3-14(17)8-15(18)19/h4-5,7,14H,2-3,6,8,10H2,1H3,(H,18,19). The number of aryl methyl sites for hydroxylation is 1. The van der Waals surface area contributed by atoms with Crippen LogP contribution >= 0.6 is 0 Å². The van der Waals surface area contributed by atoms with Gasteiger partial charge in [-0.3, -0.25) is 9.69 Å². The van der Waals surface area contributed by atoms with Crippen LogP contribution in [0.15, 0.2) is 18.2 Å². The van der Waals surface area contributed by atoms with Gasteiger partial charge in [0.25, 0.3) is 0 Å². The summed E-state index contributed by atoms with van der Waals surface area (Å²) in [7, 11) is 0. The van der Waals surface area contributed by atoms with Crippen molar-refractivity contribution < 1.29 is 9.90 Å². The van der Waals surface area contributed by atoms with E-state index in [2.05, 4.69) is 11.0 Å². The number of hydrogen-bond acceptors (Lipinski definition) is 3. The van der Waals surface area contributed by atoms with Gasteiger partial charge in [0.1, 0.15) is 0 Å². The highest BCUT2D eigenvalue weighted by atomic mass is 16.4. The lowest BCUT2D eigenvalue weighted by atomic mass is 10.0. The Balaban J connectivity index is 2.08. The molecule has 0 bridgehead atoms. The van der Waals surface area contributed by atoms with Crippen LogP contribution in [0.4, 0.5) is 0 Å². The van der Waals surface area contributed by atoms with Crippen LogP contribution in [0.5, 0.6) is 0 Å². The highest BCUT2D eigenvalue weighted by Crippen LogP contribution is 2.23. The van der Waals surface area contributed by atoms with E-state index in [1.807, 2.05) is 25.1 Å². The molecule has 4 nitrogen and oxygen atoms in total. The second-order valence-corrected chi connectivity index (χ2v) is 5.12. The van der Waals surface area contributed by atoms with Crippen molar-refractivity contribution in [2.75, 3.05) is 6.54 Å². The summed E-state index contributed by atoms with van der Waals surface area (Å²) in [6.45, 7) is 3.73. The summed E-state index contributed by atoms with van der Waals surface area (Å²) in [6, 6.07) is 7.96. The Labute approximate surface area is 113 Å². The van der Waals surface area contributed by atoms with Gasteiger partial charge in [-0.05, 0) is 49.6 Å². The van der Waals surface area contributed by atoms with Gasteiger partial charge in [-0.15, -0.1) is 0 Å². The molecule has 2 rings (SSSR count). The lowest BCUT2D eigenvalue weighted by molar-refractivity contribution is -0.138. The number of aliphatic carboxylic acids is 1. The van der Waals surface area contributed by atoms with E-state index < -0.39 is 5.97 Å². The van der Waals surface area contributed by atoms with E-state index in [0.29, 0.717) is 5.56 Å². The van der Waals surface area contributed by atoms with Crippen molar-refractivity contribution in [3.05, 3.63) is 34.9 Å². The van der Waals surface area contributed by atoms with Crippen LogP contribution < -0.4 is 0 Å². The lowest BCUT2D eigenvalue weighted by Crippen LogP contribution is -2.31. The molecule has 1 unspecified atom stereocenters. The molecule has 0 aliphatic carbocycles. The zero-order valence-electron chi connectivity index (χ0n) is 11.1. The van der Waals surface area contributed by atoms with E-state index in [9.17, 15) is 4.79 Å². The zero-order chi connectivity index (χ0) is 13.8. The number of carboxylic acid groups (broad SMARTS) is 1. The van der Waals surface area contributed by atoms with Gasteiger partial charge in [-0.2, -0.15) is 5.26 Å². The van der Waals surface area contributed by atoms with Crippen LogP contribution in [0.25, 0.3) is 0 Å². The average molecular weight is 258 g/mol. The first-order valence-electron chi connectivity index (χ1n) is 6.55. The SMILES string of the molecule is Cc1cc(C#N)ccc1CN1CCCC1CC(=O)O. The van der Waals surface area contributed by atoms with Crippen molar-refractivity contribution in [3.63, 3.8) is 0 Å². The molecule has 1 saturated heterocycles. The van der Waals surface area contributed by atoms with Gasteiger partial charge in [0.2, 0.25) is 0 Å². The molecule has 1 fully saturated rings. The molecule has 1 aromatic carbocycles. The molecule has 1 N–H and O–H groups in total. The number of hydrogen-bond donors (Lipinski definition) is 1. The Morgan fingerprint density at radius 2 is 2.37 bits per heavy atom. The highest BCUT2D eigenvalue weighted by Gasteiger charge is 2.26. The van der Waals surface area contributed by atoms with E-state index in [1.54, 1.807) is 0 Å². The van der Waals surface area contributed by atoms with Crippen molar-refractivity contribution >= 4 is 5.97 Å². The molecular weight excluding hydrogens is 240 g/mol. The molecule has 0 saturated carbocycles. The van der Waals surface area contributed by atoms with Crippen molar-refractivity contribution in [2.24, 2.45) is 0 Å². The first kappa shape index (κ1) is 13.6. The van der Waals surface area contributed by atoms with Gasteiger partial charge < -0.3 is 5.11 Å². The molecule has 0 spiro atoms. The summed E-state index contributed by atoms with van der Waals surface area (Å²) in [6.07, 6.45) is 2.24. The molecule has 1 heterocycles. The van der Waals surface area contributed by atoms with E-state index >= 15 is 0 Å². The Kier molecular flexibility index (Phi) is 4.18. The van der Waals surface area contributed by atoms with Gasteiger partial charge in [-0.1, -0.05) is 6.07 Å². The minimum Gasteiger partial charge on any atom is -0.481 e. The molecule has 100 valence electrons. The lowest BCUT2D eigenvalue weighted by Gasteiger charge is -2.24. The number of carbonyl (C=O) groups is 1. The van der Waals surface area contributed by atoms with Crippen LogP contribution in [0.3, 0.4) is 0 Å². The van der Waals surface area contributed by atoms with E-state index in [-0.39, 0.29) is 12.5 Å². The van der Waals surface area contributed by atoms with Crippen LogP contribution in [-0.4, -0.2) is 28.6 Å². The topological polar surface area (TPSA) is 64.3 Å². The molecule has 1 aromatic rings. The first-order chi connectivity index (χ1) is 9.10. The molecule has 1 atom stereocenters. The summed E-state index contributed by atoms with van der Waals surface area (Å²) in [4.78, 5) is 13.1. The minimum atomic E-state index is -0.728. The molecule has 4 heteroatoms. The van der Waals surface area contributed by atoms with Gasteiger partial charge in [0.15, 0.2) is 0 Å². The maximum Gasteiger partial charge on any atom is 0.304 e. The van der Waals surface area contributed by atoms with Crippen molar-refractivity contribution in [1.29, 1.82) is 5.26 Å². The fourth-order valence-electron chi connectivity index (χ4n) is 2.70. The highest BCUT2D eigenvalue weighted by molar-refractivity contribution is 5.67. The van der Waals surface area contributed by atoms with Crippen LogP contribution in [-0.2, 0) is 11.3 Å². The van der Waals surface area contributed by atoms with E-state index in [0.717, 1.165) is 31.5 Å². The third kappa shape index (κ3) is 3.33. The Morgan fingerprint density at radius 1 is 1.58 bits per heavy atom. The molecular formula is C15H18N2O2. The fraction of sp³-hybridized carbons (Fsp3) is 0.467. The molecule has 1 aliphatic heterocycles. The molecule has 0 aromatic heterocycles. The fourth-order valence-corrected chi connectivity index (χ4v) is 2.70. The summed E-state index contributed by atoms with van der Waals surface area (Å²) in [5, 5.41) is 17.8. The number of carboxylic acids is 1. The second-order valence-electron chi connectivity index (χ2n) is 5.12. The maximum atomic E-state index is 10.8. The predicted octanol–water partition coefficient (Wildman–Crippen LogP) is 2.31. The molecule has 19 heavy (non-hydrogen) atoms. The number of benzene rings is 1. The van der Waals surface area contributed by atoms with E-state index in [1.165, 1.54) is 5.56 Å². The molecule has 1 aliphatic rings. The smallest absolute Gasteiger partial charge is 0.304 e. The van der Waals surface area contributed by atoms with Crippen molar-refractivity contribution in [2.45, 2.75) is 38.8 Å². The average Bonchev–Trinajstić information content (AvgIpc) is 2.78. The molecule has 0 amide bonds. The Bertz CT molecular complexity index is 519. The molecule has 0 radical (unpaired) electrons. The number of likely N-dealkylation sites (tertiary alicyclic amines) is 1. The van der Waals surface area contributed by atoms with Crippen molar-refractivity contribution in [3.8, 4) is 6.07 Å². The minimum absolute atomic E-state index is 0.146. The van der Waals surface area contributed by atoms with Crippen LogP contribution in [0, 0.1) is 18.3 Å². The predicted molar refractivity (Wildman–Crippen MR) is 71.6 cm³/mol. The van der Waals surface area contributed by atoms with Gasteiger partial charge >= 0.3 is 5.97 Å². The maximum absolute atomic E-state index is 10.8. The summed E-state index contributed by atoms with van der Waals surface area (Å²) in [5.41, 5.74) is 2.95. The third-order valence-electron chi connectivity index (χ3n) is 3.75. The monoisotopic (exact) mass is 258 g/mol. The second kappa shape index (κ2) is 5.85. The number of nitrogens with zero attached hydrogens (tertiary/aromatic N) is 2. The van der Waals surface area contributed by atoms with E-state index in [4.69, 9.17) is 10.4 Å². The zero-order valence-corrected chi connectivity index (χ0v) is 11.1. The number of nitriles is 1. The van der Waals surface area contributed by atoms with Gasteiger partial charge in [-0.25, -0.2) is 0 Å². The van der Waals surface area contributed by atoms with Crippen LogP contribution in [0.1, 0.15) is 36.0 Å². The van der Waals surface area contributed by atoms with Gasteiger partial charge in [0, 0.05) is 12.6 Å².